The van der Waals surface area contributed by atoms with Gasteiger partial charge in [-0.25, -0.2) is 18.6 Å². The maximum absolute atomic E-state index is 13.2. The molecule has 2 heterocycles. The third kappa shape index (κ3) is 5.13. The molecule has 2 aromatic heterocycles. The van der Waals surface area contributed by atoms with Crippen molar-refractivity contribution in [2.75, 3.05) is 6.61 Å². The minimum Gasteiger partial charge on any atom is -0.374 e. The van der Waals surface area contributed by atoms with Gasteiger partial charge in [0.2, 0.25) is 0 Å². The van der Waals surface area contributed by atoms with Crippen LogP contribution in [-0.2, 0) is 43.3 Å². The lowest BCUT2D eigenvalue weighted by molar-refractivity contribution is -0.0368. The Kier molecular flexibility index (Phi) is 6.99. The van der Waals surface area contributed by atoms with Crippen molar-refractivity contribution in [3.05, 3.63) is 98.5 Å². The van der Waals surface area contributed by atoms with Gasteiger partial charge >= 0.3 is 5.69 Å². The smallest absolute Gasteiger partial charge is 0.332 e. The van der Waals surface area contributed by atoms with E-state index in [2.05, 4.69) is 4.98 Å². The summed E-state index contributed by atoms with van der Waals surface area (Å²) in [7, 11) is 2.96. The van der Waals surface area contributed by atoms with E-state index >= 15 is 0 Å². The molecule has 0 amide bonds. The van der Waals surface area contributed by atoms with Gasteiger partial charge < -0.3 is 14.0 Å². The number of ether oxygens (including phenoxy) is 2. The molecular formula is C24H24F2N4O4. The van der Waals surface area contributed by atoms with Crippen molar-refractivity contribution in [3.63, 3.8) is 0 Å². The molecule has 0 aliphatic rings. The largest absolute Gasteiger partial charge is 0.374 e. The molecule has 0 spiro atoms. The summed E-state index contributed by atoms with van der Waals surface area (Å²) in [5.74, 6) is -0.665. The molecule has 0 saturated heterocycles. The van der Waals surface area contributed by atoms with Crippen LogP contribution in [0.2, 0.25) is 0 Å². The van der Waals surface area contributed by atoms with Crippen LogP contribution in [0.15, 0.2) is 64.4 Å². The van der Waals surface area contributed by atoms with Crippen molar-refractivity contribution >= 4 is 11.2 Å². The summed E-state index contributed by atoms with van der Waals surface area (Å²) < 4.78 is 42.2. The van der Waals surface area contributed by atoms with E-state index in [-0.39, 0.29) is 49.2 Å². The highest BCUT2D eigenvalue weighted by Gasteiger charge is 2.18. The van der Waals surface area contributed by atoms with E-state index in [0.29, 0.717) is 0 Å². The molecule has 10 heteroatoms. The van der Waals surface area contributed by atoms with E-state index < -0.39 is 17.4 Å². The van der Waals surface area contributed by atoms with Crippen LogP contribution in [0.3, 0.4) is 0 Å². The molecule has 0 aliphatic carbocycles. The minimum atomic E-state index is -0.496. The summed E-state index contributed by atoms with van der Waals surface area (Å²) in [6, 6.07) is 12.0. The van der Waals surface area contributed by atoms with Gasteiger partial charge in [-0.1, -0.05) is 24.3 Å². The zero-order valence-corrected chi connectivity index (χ0v) is 18.8. The van der Waals surface area contributed by atoms with Gasteiger partial charge in [0.25, 0.3) is 5.56 Å². The molecule has 8 nitrogen and oxygen atoms in total. The van der Waals surface area contributed by atoms with Gasteiger partial charge in [0, 0.05) is 14.1 Å². The molecule has 1 unspecified atom stereocenters. The van der Waals surface area contributed by atoms with E-state index in [4.69, 9.17) is 9.47 Å². The van der Waals surface area contributed by atoms with Gasteiger partial charge in [-0.3, -0.25) is 13.9 Å². The van der Waals surface area contributed by atoms with Gasteiger partial charge in [0.15, 0.2) is 11.2 Å². The second-order valence-corrected chi connectivity index (χ2v) is 7.98. The highest BCUT2D eigenvalue weighted by molar-refractivity contribution is 5.69. The number of benzene rings is 2. The van der Waals surface area contributed by atoms with E-state index in [9.17, 15) is 18.4 Å². The molecule has 178 valence electrons. The predicted octanol–water partition coefficient (Wildman–Crippen LogP) is 2.51. The fourth-order valence-corrected chi connectivity index (χ4v) is 3.59. The average molecular weight is 470 g/mol. The van der Waals surface area contributed by atoms with Crippen LogP contribution in [-0.4, -0.2) is 31.4 Å². The first-order valence-corrected chi connectivity index (χ1v) is 10.6. The van der Waals surface area contributed by atoms with Crippen LogP contribution < -0.4 is 11.2 Å². The Balaban J connectivity index is 1.54. The van der Waals surface area contributed by atoms with Crippen LogP contribution in [0.1, 0.15) is 11.1 Å². The number of fused-ring (bicyclic) bond motifs is 1. The van der Waals surface area contributed by atoms with Crippen molar-refractivity contribution in [1.29, 1.82) is 0 Å². The van der Waals surface area contributed by atoms with E-state index in [1.807, 2.05) is 0 Å². The second-order valence-electron chi connectivity index (χ2n) is 7.98. The Morgan fingerprint density at radius 2 is 1.47 bits per heavy atom. The maximum atomic E-state index is 13.2. The zero-order valence-electron chi connectivity index (χ0n) is 18.8. The fraction of sp³-hybridized carbons (Fsp3) is 0.292. The molecule has 34 heavy (non-hydrogen) atoms. The molecule has 0 radical (unpaired) electrons. The topological polar surface area (TPSA) is 80.3 Å². The lowest BCUT2D eigenvalue weighted by Gasteiger charge is -2.19. The SMILES string of the molecule is Cn1c(=O)c2c(ncn2CC(COCc2ccc(F)cc2)OCc2ccc(F)cc2)n(C)c1=O. The third-order valence-corrected chi connectivity index (χ3v) is 5.50. The van der Waals surface area contributed by atoms with Crippen molar-refractivity contribution < 1.29 is 18.3 Å². The lowest BCUT2D eigenvalue weighted by atomic mass is 10.2. The summed E-state index contributed by atoms with van der Waals surface area (Å²) in [6.45, 7) is 0.852. The first-order valence-electron chi connectivity index (χ1n) is 10.6. The number of hydrogen-bond acceptors (Lipinski definition) is 5. The number of aromatic nitrogens is 4. The highest BCUT2D eigenvalue weighted by Crippen LogP contribution is 2.12. The summed E-state index contributed by atoms with van der Waals surface area (Å²) in [5, 5.41) is 0. The van der Waals surface area contributed by atoms with Crippen LogP contribution in [0.4, 0.5) is 8.78 Å². The van der Waals surface area contributed by atoms with Crippen molar-refractivity contribution in [2.45, 2.75) is 25.9 Å². The van der Waals surface area contributed by atoms with Gasteiger partial charge in [-0.05, 0) is 35.4 Å². The van der Waals surface area contributed by atoms with Crippen LogP contribution in [0.25, 0.3) is 11.2 Å². The quantitative estimate of drug-likeness (QED) is 0.376. The molecule has 4 aromatic rings. The van der Waals surface area contributed by atoms with E-state index in [1.54, 1.807) is 35.9 Å². The Morgan fingerprint density at radius 1 is 0.882 bits per heavy atom. The van der Waals surface area contributed by atoms with E-state index in [0.717, 1.165) is 15.7 Å². The minimum absolute atomic E-state index is 0.171. The molecule has 0 fully saturated rings. The summed E-state index contributed by atoms with van der Waals surface area (Å²) in [6.07, 6.45) is 0.990. The maximum Gasteiger partial charge on any atom is 0.332 e. The average Bonchev–Trinajstić information content (AvgIpc) is 3.25. The molecule has 0 saturated carbocycles. The fourth-order valence-electron chi connectivity index (χ4n) is 3.59. The van der Waals surface area contributed by atoms with Crippen molar-refractivity contribution in [3.8, 4) is 0 Å². The lowest BCUT2D eigenvalue weighted by Crippen LogP contribution is -2.38. The number of aryl methyl sites for hydroxylation is 1. The monoisotopic (exact) mass is 470 g/mol. The Bertz CT molecular complexity index is 1390. The summed E-state index contributed by atoms with van der Waals surface area (Å²) >= 11 is 0. The van der Waals surface area contributed by atoms with Crippen molar-refractivity contribution in [2.24, 2.45) is 14.1 Å². The van der Waals surface area contributed by atoms with Gasteiger partial charge in [-0.2, -0.15) is 0 Å². The molecule has 0 aliphatic heterocycles. The highest BCUT2D eigenvalue weighted by atomic mass is 19.1. The van der Waals surface area contributed by atoms with Crippen LogP contribution in [0.5, 0.6) is 0 Å². The Labute approximate surface area is 193 Å². The molecular weight excluding hydrogens is 446 g/mol. The molecule has 0 N–H and O–H groups in total. The van der Waals surface area contributed by atoms with Gasteiger partial charge in [0.1, 0.15) is 11.6 Å². The first-order chi connectivity index (χ1) is 16.3. The van der Waals surface area contributed by atoms with E-state index in [1.165, 1.54) is 42.2 Å². The summed E-state index contributed by atoms with van der Waals surface area (Å²) in [4.78, 5) is 29.2. The number of hydrogen-bond donors (Lipinski definition) is 0. The van der Waals surface area contributed by atoms with Crippen LogP contribution in [0, 0.1) is 11.6 Å². The molecule has 1 atom stereocenters. The Hall–Kier alpha value is -3.63. The zero-order chi connectivity index (χ0) is 24.2. The number of rotatable bonds is 9. The molecule has 4 rings (SSSR count). The van der Waals surface area contributed by atoms with Gasteiger partial charge in [0.05, 0.1) is 38.8 Å². The standard InChI is InChI=1S/C24H24F2N4O4/c1-28-22-21(23(31)29(2)24(28)32)30(15-27-22)11-20(34-13-17-5-9-19(26)10-6-17)14-33-12-16-3-7-18(25)8-4-16/h3-10,15,20H,11-14H2,1-2H3. The number of imidazole rings is 1. The summed E-state index contributed by atoms with van der Waals surface area (Å²) in [5.41, 5.74) is 1.21. The van der Waals surface area contributed by atoms with Crippen molar-refractivity contribution in [1.82, 2.24) is 18.7 Å². The van der Waals surface area contributed by atoms with Gasteiger partial charge in [-0.15, -0.1) is 0 Å². The second kappa shape index (κ2) is 10.1. The first kappa shape index (κ1) is 23.5. The Morgan fingerprint density at radius 3 is 2.09 bits per heavy atom. The molecule has 0 bridgehead atoms. The van der Waals surface area contributed by atoms with Crippen LogP contribution >= 0.6 is 0 Å². The third-order valence-electron chi connectivity index (χ3n) is 5.50. The normalized spacial score (nSPS) is 12.4. The predicted molar refractivity (Wildman–Crippen MR) is 121 cm³/mol. The molecule has 2 aromatic carbocycles. The number of nitrogens with zero attached hydrogens (tertiary/aromatic N) is 4. The number of halogens is 2.